The van der Waals surface area contributed by atoms with Crippen molar-refractivity contribution in [3.63, 3.8) is 0 Å². The van der Waals surface area contributed by atoms with E-state index in [1.54, 1.807) is 6.92 Å². The van der Waals surface area contributed by atoms with E-state index in [4.69, 9.17) is 11.6 Å². The van der Waals surface area contributed by atoms with Gasteiger partial charge in [-0.2, -0.15) is 0 Å². The second kappa shape index (κ2) is 7.05. The first kappa shape index (κ1) is 13.7. The number of carbonyl (C=O) groups is 3. The lowest BCUT2D eigenvalue weighted by atomic mass is 10.4. The Morgan fingerprint density at radius 2 is 2.00 bits per heavy atom. The molecule has 0 heterocycles. The number of ether oxygens (including phenoxy) is 2. The van der Waals surface area contributed by atoms with Crippen molar-refractivity contribution in [1.29, 1.82) is 0 Å². The largest absolute Gasteiger partial charge is 0.465 e. The molecule has 0 aromatic rings. The van der Waals surface area contributed by atoms with Gasteiger partial charge in [0.1, 0.15) is 5.38 Å². The third kappa shape index (κ3) is 5.21. The smallest absolute Gasteiger partial charge is 0.396 e. The third-order valence-corrected chi connectivity index (χ3v) is 1.69. The van der Waals surface area contributed by atoms with Crippen molar-refractivity contribution in [1.82, 2.24) is 5.32 Å². The normalized spacial score (nSPS) is 11.4. The van der Waals surface area contributed by atoms with E-state index in [1.807, 2.05) is 0 Å². The van der Waals surface area contributed by atoms with Crippen LogP contribution in [-0.4, -0.2) is 43.5 Å². The van der Waals surface area contributed by atoms with E-state index in [0.29, 0.717) is 0 Å². The molecule has 0 spiro atoms. The summed E-state index contributed by atoms with van der Waals surface area (Å²) < 4.78 is 8.73. The minimum absolute atomic E-state index is 0.186. The number of esters is 2. The summed E-state index contributed by atoms with van der Waals surface area (Å²) in [5, 5.41) is 1.11. The molecule has 0 saturated carbocycles. The summed E-state index contributed by atoms with van der Waals surface area (Å²) in [6.45, 7) is 1.65. The average Bonchev–Trinajstić information content (AvgIpc) is 2.24. The standard InChI is InChI=1S/C8H12ClNO5/c1-3-15-7(12)5(9)4-10-6(11)8(13)14-2/h5H,3-4H2,1-2H3,(H,10,11)/t5-/m0/s1. The van der Waals surface area contributed by atoms with Gasteiger partial charge in [-0.25, -0.2) is 4.79 Å². The molecular formula is C8H12ClNO5. The molecule has 0 rings (SSSR count). The number of carbonyl (C=O) groups excluding carboxylic acids is 3. The zero-order valence-corrected chi connectivity index (χ0v) is 9.17. The highest BCUT2D eigenvalue weighted by molar-refractivity contribution is 6.33. The van der Waals surface area contributed by atoms with Crippen LogP contribution in [0.5, 0.6) is 0 Å². The summed E-state index contributed by atoms with van der Waals surface area (Å²) in [6.07, 6.45) is 0. The molecule has 1 N–H and O–H groups in total. The fourth-order valence-corrected chi connectivity index (χ4v) is 0.803. The number of rotatable bonds is 4. The average molecular weight is 238 g/mol. The van der Waals surface area contributed by atoms with Crippen LogP contribution in [-0.2, 0) is 23.9 Å². The van der Waals surface area contributed by atoms with Crippen LogP contribution in [0.1, 0.15) is 6.92 Å². The van der Waals surface area contributed by atoms with E-state index < -0.39 is 23.2 Å². The van der Waals surface area contributed by atoms with Gasteiger partial charge in [0.25, 0.3) is 0 Å². The van der Waals surface area contributed by atoms with Gasteiger partial charge in [0.15, 0.2) is 0 Å². The van der Waals surface area contributed by atoms with Crippen LogP contribution in [0.15, 0.2) is 0 Å². The van der Waals surface area contributed by atoms with Gasteiger partial charge < -0.3 is 14.8 Å². The summed E-state index contributed by atoms with van der Waals surface area (Å²) in [7, 11) is 1.07. The SMILES string of the molecule is CCOC(=O)[C@@H](Cl)CNC(=O)C(=O)OC. The van der Waals surface area contributed by atoms with Crippen molar-refractivity contribution in [3.8, 4) is 0 Å². The summed E-state index contributed by atoms with van der Waals surface area (Å²) >= 11 is 5.56. The molecule has 0 radical (unpaired) electrons. The summed E-state index contributed by atoms with van der Waals surface area (Å²) in [5.41, 5.74) is 0. The van der Waals surface area contributed by atoms with E-state index in [-0.39, 0.29) is 13.2 Å². The first-order chi connectivity index (χ1) is 7.02. The highest BCUT2D eigenvalue weighted by atomic mass is 35.5. The predicted molar refractivity (Wildman–Crippen MR) is 51.3 cm³/mol. The number of amides is 1. The number of hydrogen-bond donors (Lipinski definition) is 1. The van der Waals surface area contributed by atoms with Crippen LogP contribution in [0.2, 0.25) is 0 Å². The zero-order chi connectivity index (χ0) is 11.8. The molecule has 1 atom stereocenters. The molecular weight excluding hydrogens is 226 g/mol. The lowest BCUT2D eigenvalue weighted by Gasteiger charge is -2.08. The van der Waals surface area contributed by atoms with Gasteiger partial charge in [-0.15, -0.1) is 11.6 Å². The molecule has 0 aliphatic carbocycles. The van der Waals surface area contributed by atoms with E-state index in [1.165, 1.54) is 0 Å². The van der Waals surface area contributed by atoms with Crippen molar-refractivity contribution in [2.24, 2.45) is 0 Å². The molecule has 0 saturated heterocycles. The number of methoxy groups -OCH3 is 1. The Hall–Kier alpha value is -1.30. The van der Waals surface area contributed by atoms with Gasteiger partial charge in [-0.1, -0.05) is 0 Å². The second-order valence-corrected chi connectivity index (χ2v) is 2.95. The van der Waals surface area contributed by atoms with Gasteiger partial charge in [0, 0.05) is 6.54 Å². The number of alkyl halides is 1. The number of nitrogens with one attached hydrogen (secondary N) is 1. The zero-order valence-electron chi connectivity index (χ0n) is 8.41. The highest BCUT2D eigenvalue weighted by Crippen LogP contribution is 1.97. The fraction of sp³-hybridized carbons (Fsp3) is 0.625. The summed E-state index contributed by atoms with van der Waals surface area (Å²) in [4.78, 5) is 32.5. The van der Waals surface area contributed by atoms with Crippen LogP contribution < -0.4 is 5.32 Å². The molecule has 1 amide bonds. The molecule has 0 unspecified atom stereocenters. The molecule has 0 aliphatic heterocycles. The first-order valence-electron chi connectivity index (χ1n) is 4.19. The van der Waals surface area contributed by atoms with Crippen molar-refractivity contribution < 1.29 is 23.9 Å². The Balaban J connectivity index is 3.90. The molecule has 86 valence electrons. The number of halogens is 1. The van der Waals surface area contributed by atoms with Crippen molar-refractivity contribution in [3.05, 3.63) is 0 Å². The Bertz CT molecular complexity index is 255. The van der Waals surface area contributed by atoms with Crippen molar-refractivity contribution in [2.45, 2.75) is 12.3 Å². The lowest BCUT2D eigenvalue weighted by molar-refractivity contribution is -0.153. The van der Waals surface area contributed by atoms with Gasteiger partial charge in [0.2, 0.25) is 0 Å². The Morgan fingerprint density at radius 1 is 1.40 bits per heavy atom. The first-order valence-corrected chi connectivity index (χ1v) is 4.63. The van der Waals surface area contributed by atoms with Gasteiger partial charge >= 0.3 is 17.8 Å². The molecule has 7 heteroatoms. The molecule has 15 heavy (non-hydrogen) atoms. The monoisotopic (exact) mass is 237 g/mol. The maximum atomic E-state index is 11.0. The Labute approximate surface area is 91.9 Å². The lowest BCUT2D eigenvalue weighted by Crippen LogP contribution is -2.38. The molecule has 0 aromatic heterocycles. The van der Waals surface area contributed by atoms with Crippen LogP contribution in [0, 0.1) is 0 Å². The molecule has 0 bridgehead atoms. The van der Waals surface area contributed by atoms with Crippen molar-refractivity contribution >= 4 is 29.4 Å². The minimum Gasteiger partial charge on any atom is -0.465 e. The van der Waals surface area contributed by atoms with Gasteiger partial charge in [0.05, 0.1) is 13.7 Å². The van der Waals surface area contributed by atoms with Crippen LogP contribution in [0.25, 0.3) is 0 Å². The van der Waals surface area contributed by atoms with Crippen molar-refractivity contribution in [2.75, 3.05) is 20.3 Å². The number of hydrogen-bond acceptors (Lipinski definition) is 5. The van der Waals surface area contributed by atoms with Crippen LogP contribution in [0.3, 0.4) is 0 Å². The van der Waals surface area contributed by atoms with E-state index in [9.17, 15) is 14.4 Å². The highest BCUT2D eigenvalue weighted by Gasteiger charge is 2.20. The summed E-state index contributed by atoms with van der Waals surface area (Å²) in [6, 6.07) is 0. The maximum Gasteiger partial charge on any atom is 0.396 e. The van der Waals surface area contributed by atoms with Crippen LogP contribution in [0.4, 0.5) is 0 Å². The quantitative estimate of drug-likeness (QED) is 0.403. The topological polar surface area (TPSA) is 81.7 Å². The van der Waals surface area contributed by atoms with E-state index >= 15 is 0 Å². The molecule has 0 fully saturated rings. The predicted octanol–water partition coefficient (Wildman–Crippen LogP) is -0.554. The minimum atomic E-state index is -1.04. The van der Waals surface area contributed by atoms with E-state index in [0.717, 1.165) is 7.11 Å². The maximum absolute atomic E-state index is 11.0. The van der Waals surface area contributed by atoms with E-state index in [2.05, 4.69) is 14.8 Å². The molecule has 0 aromatic carbocycles. The second-order valence-electron chi connectivity index (χ2n) is 2.42. The van der Waals surface area contributed by atoms with Crippen LogP contribution >= 0.6 is 11.6 Å². The van der Waals surface area contributed by atoms with Gasteiger partial charge in [-0.05, 0) is 6.92 Å². The molecule has 6 nitrogen and oxygen atoms in total. The summed E-state index contributed by atoms with van der Waals surface area (Å²) in [5.74, 6) is -2.64. The third-order valence-electron chi connectivity index (χ3n) is 1.35. The van der Waals surface area contributed by atoms with Gasteiger partial charge in [-0.3, -0.25) is 9.59 Å². The fourth-order valence-electron chi connectivity index (χ4n) is 0.663. The Kier molecular flexibility index (Phi) is 6.44. The molecule has 0 aliphatic rings. The Morgan fingerprint density at radius 3 is 2.47 bits per heavy atom.